The van der Waals surface area contributed by atoms with Crippen LogP contribution in [-0.4, -0.2) is 22.8 Å². The third-order valence-corrected chi connectivity index (χ3v) is 6.75. The third kappa shape index (κ3) is 5.72. The zero-order valence-electron chi connectivity index (χ0n) is 19.4. The Morgan fingerprint density at radius 2 is 1.92 bits per heavy atom. The molecule has 1 saturated carbocycles. The third-order valence-electron chi connectivity index (χ3n) is 5.75. The van der Waals surface area contributed by atoms with Crippen LogP contribution in [0, 0.1) is 6.92 Å². The molecule has 1 N–H and O–H groups in total. The summed E-state index contributed by atoms with van der Waals surface area (Å²) in [6.45, 7) is 1.93. The summed E-state index contributed by atoms with van der Waals surface area (Å²) in [4.78, 5) is 11.6. The van der Waals surface area contributed by atoms with Gasteiger partial charge in [-0.2, -0.15) is 0 Å². The molecule has 4 aromatic rings. The molecule has 7 nitrogen and oxygen atoms in total. The molecular formula is C26H20F3NO6S. The van der Waals surface area contributed by atoms with Crippen molar-refractivity contribution in [2.24, 2.45) is 0 Å². The van der Waals surface area contributed by atoms with Gasteiger partial charge in [0.05, 0.1) is 5.56 Å². The van der Waals surface area contributed by atoms with Crippen LogP contribution in [0.5, 0.6) is 16.6 Å². The van der Waals surface area contributed by atoms with Crippen LogP contribution < -0.4 is 14.2 Å². The number of hydrogen-bond acceptors (Lipinski definition) is 7. The van der Waals surface area contributed by atoms with Crippen molar-refractivity contribution in [3.63, 3.8) is 0 Å². The van der Waals surface area contributed by atoms with Crippen LogP contribution in [0.25, 0.3) is 21.7 Å². The minimum absolute atomic E-state index is 0.0411. The number of halogens is 3. The van der Waals surface area contributed by atoms with Crippen LogP contribution >= 0.6 is 11.3 Å². The molecule has 2 aromatic heterocycles. The van der Waals surface area contributed by atoms with E-state index >= 15 is 0 Å². The van der Waals surface area contributed by atoms with E-state index in [1.54, 1.807) is 24.3 Å². The number of carboxylic acid groups (broad SMARTS) is 1. The zero-order valence-corrected chi connectivity index (χ0v) is 20.2. The van der Waals surface area contributed by atoms with Crippen molar-refractivity contribution in [1.29, 1.82) is 0 Å². The van der Waals surface area contributed by atoms with E-state index < -0.39 is 12.5 Å². The molecule has 0 unspecified atom stereocenters. The lowest BCUT2D eigenvalue weighted by Gasteiger charge is -2.13. The van der Waals surface area contributed by atoms with E-state index in [1.165, 1.54) is 29.5 Å². The molecule has 11 heteroatoms. The number of thiophene rings is 1. The second kappa shape index (κ2) is 9.81. The summed E-state index contributed by atoms with van der Waals surface area (Å²) < 4.78 is 59.5. The van der Waals surface area contributed by atoms with Gasteiger partial charge in [-0.15, -0.1) is 13.2 Å². The monoisotopic (exact) mass is 531 g/mol. The molecule has 1 fully saturated rings. The van der Waals surface area contributed by atoms with Crippen LogP contribution in [0.2, 0.25) is 0 Å². The maximum atomic E-state index is 13.0. The van der Waals surface area contributed by atoms with Crippen molar-refractivity contribution in [1.82, 2.24) is 5.16 Å². The smallest absolute Gasteiger partial charge is 0.489 e. The summed E-state index contributed by atoms with van der Waals surface area (Å²) >= 11 is 1.21. The summed E-state index contributed by atoms with van der Waals surface area (Å²) in [7, 11) is 0. The highest BCUT2D eigenvalue weighted by Gasteiger charge is 2.35. The Bertz CT molecular complexity index is 1440. The number of aromatic nitrogens is 1. The molecule has 2 aromatic carbocycles. The van der Waals surface area contributed by atoms with Gasteiger partial charge in [0.25, 0.3) is 0 Å². The number of para-hydroxylation sites is 1. The van der Waals surface area contributed by atoms with Crippen molar-refractivity contribution < 1.29 is 41.8 Å². The largest absolute Gasteiger partial charge is 0.573 e. The van der Waals surface area contributed by atoms with Crippen molar-refractivity contribution in [3.05, 3.63) is 71.5 Å². The molecule has 1 aliphatic rings. The van der Waals surface area contributed by atoms with Gasteiger partial charge in [0, 0.05) is 16.4 Å². The topological polar surface area (TPSA) is 91.0 Å². The molecule has 2 heterocycles. The fraction of sp³-hybridized carbons (Fsp3) is 0.231. The molecular weight excluding hydrogens is 511 g/mol. The Balaban J connectivity index is 1.39. The van der Waals surface area contributed by atoms with Gasteiger partial charge in [0.2, 0.25) is 0 Å². The summed E-state index contributed by atoms with van der Waals surface area (Å²) in [5.74, 6) is 0.943. The summed E-state index contributed by atoms with van der Waals surface area (Å²) in [6.07, 6.45) is -4.41. The molecule has 0 atom stereocenters. The zero-order chi connectivity index (χ0) is 26.2. The average Bonchev–Trinajstić information content (AvgIpc) is 3.43. The van der Waals surface area contributed by atoms with Gasteiger partial charge < -0.3 is 23.8 Å². The average molecular weight is 532 g/mol. The Kier molecular flexibility index (Phi) is 6.55. The van der Waals surface area contributed by atoms with Crippen LogP contribution in [-0.2, 0) is 6.61 Å². The molecule has 1 aliphatic carbocycles. The first-order valence-electron chi connectivity index (χ1n) is 11.3. The Hall–Kier alpha value is -3.99. The Morgan fingerprint density at radius 1 is 1.14 bits per heavy atom. The number of hydrogen-bond donors (Lipinski definition) is 1. The predicted octanol–water partition coefficient (Wildman–Crippen LogP) is 7.79. The van der Waals surface area contributed by atoms with E-state index in [0.29, 0.717) is 17.1 Å². The highest BCUT2D eigenvalue weighted by Crippen LogP contribution is 2.46. The molecule has 0 amide bonds. The molecule has 37 heavy (non-hydrogen) atoms. The van der Waals surface area contributed by atoms with Gasteiger partial charge in [0.15, 0.2) is 5.06 Å². The Labute approximate surface area is 213 Å². The lowest BCUT2D eigenvalue weighted by Crippen LogP contribution is -2.17. The molecule has 5 rings (SSSR count). The van der Waals surface area contributed by atoms with Crippen LogP contribution in [0.15, 0.2) is 59.1 Å². The van der Waals surface area contributed by atoms with E-state index in [-0.39, 0.29) is 34.6 Å². The quantitative estimate of drug-likeness (QED) is 0.232. The maximum absolute atomic E-state index is 13.0. The number of nitrogens with zero attached hydrogens (tertiary/aromatic N) is 1. The molecule has 0 aliphatic heterocycles. The van der Waals surface area contributed by atoms with E-state index in [0.717, 1.165) is 28.8 Å². The van der Waals surface area contributed by atoms with Gasteiger partial charge in [-0.25, -0.2) is 4.79 Å². The highest BCUT2D eigenvalue weighted by molar-refractivity contribution is 7.17. The summed E-state index contributed by atoms with van der Waals surface area (Å²) in [6, 6.07) is 14.6. The van der Waals surface area contributed by atoms with E-state index in [1.807, 2.05) is 19.1 Å². The van der Waals surface area contributed by atoms with Gasteiger partial charge in [-0.1, -0.05) is 28.6 Å². The van der Waals surface area contributed by atoms with Gasteiger partial charge in [0.1, 0.15) is 29.6 Å². The van der Waals surface area contributed by atoms with E-state index in [9.17, 15) is 18.0 Å². The number of aryl methyl sites for hydroxylation is 1. The molecule has 192 valence electrons. The summed E-state index contributed by atoms with van der Waals surface area (Å²) in [5, 5.41) is 13.1. The van der Waals surface area contributed by atoms with Gasteiger partial charge in [-0.3, -0.25) is 0 Å². The maximum Gasteiger partial charge on any atom is 0.573 e. The number of rotatable bonds is 8. The Morgan fingerprint density at radius 3 is 2.62 bits per heavy atom. The minimum Gasteiger partial charge on any atom is -0.489 e. The number of alkyl halides is 3. The molecule has 0 radical (unpaired) electrons. The summed E-state index contributed by atoms with van der Waals surface area (Å²) in [5.41, 5.74) is 2.77. The SMILES string of the molecule is Cc1cc(OCc2c(-c3ccccc3OC(F)(F)F)noc2C2CC2)ccc1-c1ccc(OC(=O)O)s1. The molecule has 0 bridgehead atoms. The standard InChI is InChI=1S/C26H20F3NO6S/c1-14-12-16(8-9-17(14)21-10-11-22(37-21)34-25(31)32)33-13-19-23(30-36-24(19)15-6-7-15)18-4-2-3-5-20(18)35-26(27,28)29/h2-5,8-12,15H,6-7,13H2,1H3,(H,31,32). The highest BCUT2D eigenvalue weighted by atomic mass is 32.1. The number of benzene rings is 2. The van der Waals surface area contributed by atoms with Crippen molar-refractivity contribution >= 4 is 17.5 Å². The molecule has 0 saturated heterocycles. The number of carbonyl (C=O) groups is 1. The lowest BCUT2D eigenvalue weighted by atomic mass is 10.0. The first-order valence-corrected chi connectivity index (χ1v) is 12.1. The van der Waals surface area contributed by atoms with Gasteiger partial charge >= 0.3 is 12.5 Å². The van der Waals surface area contributed by atoms with Crippen LogP contribution in [0.3, 0.4) is 0 Å². The van der Waals surface area contributed by atoms with Crippen molar-refractivity contribution in [2.45, 2.75) is 38.7 Å². The fourth-order valence-corrected chi connectivity index (χ4v) is 4.92. The van der Waals surface area contributed by atoms with Crippen LogP contribution in [0.1, 0.15) is 35.6 Å². The van der Waals surface area contributed by atoms with E-state index in [2.05, 4.69) is 9.89 Å². The van der Waals surface area contributed by atoms with Gasteiger partial charge in [-0.05, 0) is 73.4 Å². The number of ether oxygens (including phenoxy) is 3. The lowest BCUT2D eigenvalue weighted by molar-refractivity contribution is -0.274. The fourth-order valence-electron chi connectivity index (χ4n) is 3.98. The van der Waals surface area contributed by atoms with Crippen molar-refractivity contribution in [2.75, 3.05) is 0 Å². The minimum atomic E-state index is -4.85. The van der Waals surface area contributed by atoms with E-state index in [4.69, 9.17) is 19.1 Å². The first-order chi connectivity index (χ1) is 17.7. The molecule has 0 spiro atoms. The first kappa shape index (κ1) is 24.7. The van der Waals surface area contributed by atoms with Crippen molar-refractivity contribution in [3.8, 4) is 38.3 Å². The second-order valence-electron chi connectivity index (χ2n) is 8.44. The second-order valence-corrected chi connectivity index (χ2v) is 9.49. The predicted molar refractivity (Wildman–Crippen MR) is 128 cm³/mol. The normalized spacial score (nSPS) is 13.4. The van der Waals surface area contributed by atoms with Crippen LogP contribution in [0.4, 0.5) is 18.0 Å².